The molecule has 1 N–H and O–H groups in total. The third-order valence-electron chi connectivity index (χ3n) is 3.54. The number of likely N-dealkylation sites (N-methyl/N-ethyl adjacent to an activating group) is 1. The molecule has 2 amide bonds. The van der Waals surface area contributed by atoms with Crippen LogP contribution < -0.4 is 10.9 Å². The standard InChI is InChI=1S/C14H20N4O3/c1-16-6-3-11(9-12(16)19)14(21)17(2)10-13(20)18-7-4-15-5-8-18/h3,6,9,15H,4-5,7-8,10H2,1-2H3. The third-order valence-corrected chi connectivity index (χ3v) is 3.54. The van der Waals surface area contributed by atoms with Gasteiger partial charge in [0.15, 0.2) is 0 Å². The predicted octanol–water partition coefficient (Wildman–Crippen LogP) is -1.11. The molecule has 1 saturated heterocycles. The fraction of sp³-hybridized carbons (Fsp3) is 0.500. The van der Waals surface area contributed by atoms with Gasteiger partial charge in [0.25, 0.3) is 11.5 Å². The third kappa shape index (κ3) is 3.69. The van der Waals surface area contributed by atoms with Gasteiger partial charge in [0, 0.05) is 58.1 Å². The van der Waals surface area contributed by atoms with Crippen LogP contribution in [0.25, 0.3) is 0 Å². The average Bonchev–Trinajstić information content (AvgIpc) is 2.50. The Hall–Kier alpha value is -2.15. The number of piperazine rings is 1. The summed E-state index contributed by atoms with van der Waals surface area (Å²) < 4.78 is 1.39. The summed E-state index contributed by atoms with van der Waals surface area (Å²) in [5, 5.41) is 3.17. The second kappa shape index (κ2) is 6.53. The van der Waals surface area contributed by atoms with Crippen molar-refractivity contribution in [1.82, 2.24) is 19.7 Å². The van der Waals surface area contributed by atoms with Crippen LogP contribution in [0.4, 0.5) is 0 Å². The molecule has 0 aliphatic carbocycles. The highest BCUT2D eigenvalue weighted by molar-refractivity contribution is 5.96. The molecule has 0 aromatic carbocycles. The van der Waals surface area contributed by atoms with Gasteiger partial charge < -0.3 is 19.7 Å². The molecule has 0 bridgehead atoms. The average molecular weight is 292 g/mol. The highest BCUT2D eigenvalue weighted by Gasteiger charge is 2.20. The molecule has 0 atom stereocenters. The van der Waals surface area contributed by atoms with Crippen LogP contribution in [0.2, 0.25) is 0 Å². The second-order valence-corrected chi connectivity index (χ2v) is 5.16. The van der Waals surface area contributed by atoms with Gasteiger partial charge in [0.2, 0.25) is 5.91 Å². The Labute approximate surface area is 123 Å². The molecule has 114 valence electrons. The zero-order valence-corrected chi connectivity index (χ0v) is 12.3. The first-order chi connectivity index (χ1) is 9.99. The largest absolute Gasteiger partial charge is 0.339 e. The molecule has 2 rings (SSSR count). The van der Waals surface area contributed by atoms with Gasteiger partial charge in [-0.3, -0.25) is 14.4 Å². The van der Waals surface area contributed by atoms with Crippen molar-refractivity contribution in [3.05, 3.63) is 34.2 Å². The van der Waals surface area contributed by atoms with Crippen LogP contribution in [0, 0.1) is 0 Å². The molecule has 1 aromatic rings. The number of amides is 2. The summed E-state index contributed by atoms with van der Waals surface area (Å²) in [5.41, 5.74) is 0.0522. The minimum absolute atomic E-state index is 0.0219. The van der Waals surface area contributed by atoms with Crippen LogP contribution in [-0.2, 0) is 11.8 Å². The molecule has 1 aliphatic rings. The maximum atomic E-state index is 12.2. The Morgan fingerprint density at radius 3 is 2.62 bits per heavy atom. The number of carbonyl (C=O) groups excluding carboxylic acids is 2. The zero-order chi connectivity index (χ0) is 15.4. The van der Waals surface area contributed by atoms with Crippen molar-refractivity contribution >= 4 is 11.8 Å². The van der Waals surface area contributed by atoms with E-state index in [4.69, 9.17) is 0 Å². The number of rotatable bonds is 3. The number of aryl methyl sites for hydroxylation is 1. The highest BCUT2D eigenvalue weighted by atomic mass is 16.2. The summed E-state index contributed by atoms with van der Waals surface area (Å²) in [5.74, 6) is -0.396. The number of aromatic nitrogens is 1. The Morgan fingerprint density at radius 2 is 2.00 bits per heavy atom. The lowest BCUT2D eigenvalue weighted by atomic mass is 10.2. The van der Waals surface area contributed by atoms with Crippen molar-refractivity contribution in [1.29, 1.82) is 0 Å². The van der Waals surface area contributed by atoms with Crippen LogP contribution in [-0.4, -0.2) is 66.0 Å². The van der Waals surface area contributed by atoms with Gasteiger partial charge in [0.05, 0.1) is 6.54 Å². The molecule has 21 heavy (non-hydrogen) atoms. The lowest BCUT2D eigenvalue weighted by molar-refractivity contribution is -0.132. The van der Waals surface area contributed by atoms with Crippen molar-refractivity contribution in [3.8, 4) is 0 Å². The first kappa shape index (κ1) is 15.2. The van der Waals surface area contributed by atoms with Crippen molar-refractivity contribution in [2.24, 2.45) is 7.05 Å². The van der Waals surface area contributed by atoms with Crippen molar-refractivity contribution in [2.45, 2.75) is 0 Å². The lowest BCUT2D eigenvalue weighted by Crippen LogP contribution is -2.49. The van der Waals surface area contributed by atoms with Crippen LogP contribution in [0.15, 0.2) is 23.1 Å². The molecule has 2 heterocycles. The SMILES string of the molecule is CN(CC(=O)N1CCNCC1)C(=O)c1ccn(C)c(=O)c1. The number of nitrogens with zero attached hydrogens (tertiary/aromatic N) is 3. The molecule has 1 aliphatic heterocycles. The smallest absolute Gasteiger partial charge is 0.254 e. The summed E-state index contributed by atoms with van der Waals surface area (Å²) in [4.78, 5) is 39.0. The Bertz CT molecular complexity index is 590. The molecule has 1 fully saturated rings. The second-order valence-electron chi connectivity index (χ2n) is 5.16. The van der Waals surface area contributed by atoms with Gasteiger partial charge in [-0.15, -0.1) is 0 Å². The van der Waals surface area contributed by atoms with Gasteiger partial charge in [-0.2, -0.15) is 0 Å². The van der Waals surface area contributed by atoms with Gasteiger partial charge in [-0.05, 0) is 6.07 Å². The summed E-state index contributed by atoms with van der Waals surface area (Å²) >= 11 is 0. The van der Waals surface area contributed by atoms with Crippen molar-refractivity contribution in [2.75, 3.05) is 39.8 Å². The van der Waals surface area contributed by atoms with Crippen LogP contribution in [0.1, 0.15) is 10.4 Å². The fourth-order valence-electron chi connectivity index (χ4n) is 2.19. The van der Waals surface area contributed by atoms with E-state index in [1.165, 1.54) is 15.5 Å². The van der Waals surface area contributed by atoms with E-state index in [2.05, 4.69) is 5.32 Å². The predicted molar refractivity (Wildman–Crippen MR) is 78.1 cm³/mol. The number of nitrogens with one attached hydrogen (secondary N) is 1. The quantitative estimate of drug-likeness (QED) is 0.766. The maximum absolute atomic E-state index is 12.2. The van der Waals surface area contributed by atoms with Crippen LogP contribution in [0.5, 0.6) is 0 Å². The monoisotopic (exact) mass is 292 g/mol. The van der Waals surface area contributed by atoms with E-state index in [1.807, 2.05) is 0 Å². The van der Waals surface area contributed by atoms with Crippen LogP contribution in [0.3, 0.4) is 0 Å². The molecule has 7 heteroatoms. The minimum Gasteiger partial charge on any atom is -0.339 e. The van der Waals surface area contributed by atoms with Gasteiger partial charge in [0.1, 0.15) is 0 Å². The normalized spacial score (nSPS) is 14.9. The minimum atomic E-state index is -0.323. The van der Waals surface area contributed by atoms with E-state index in [0.717, 1.165) is 13.1 Å². The Balaban J connectivity index is 2.00. The van der Waals surface area contributed by atoms with E-state index < -0.39 is 0 Å². The number of hydrogen-bond donors (Lipinski definition) is 1. The maximum Gasteiger partial charge on any atom is 0.254 e. The van der Waals surface area contributed by atoms with E-state index in [1.54, 1.807) is 31.3 Å². The molecular formula is C14H20N4O3. The molecular weight excluding hydrogens is 272 g/mol. The van der Waals surface area contributed by atoms with Gasteiger partial charge in [-0.25, -0.2) is 0 Å². The van der Waals surface area contributed by atoms with Gasteiger partial charge in [-0.1, -0.05) is 0 Å². The molecule has 0 unspecified atom stereocenters. The summed E-state index contributed by atoms with van der Waals surface area (Å²) in [6, 6.07) is 2.86. The lowest BCUT2D eigenvalue weighted by Gasteiger charge is -2.29. The van der Waals surface area contributed by atoms with Crippen LogP contribution >= 0.6 is 0 Å². The summed E-state index contributed by atoms with van der Waals surface area (Å²) in [7, 11) is 3.19. The summed E-state index contributed by atoms with van der Waals surface area (Å²) in [6.07, 6.45) is 1.54. The van der Waals surface area contributed by atoms with E-state index in [0.29, 0.717) is 18.7 Å². The number of carbonyl (C=O) groups is 2. The van der Waals surface area contributed by atoms with E-state index >= 15 is 0 Å². The number of pyridine rings is 1. The summed E-state index contributed by atoms with van der Waals surface area (Å²) in [6.45, 7) is 2.89. The first-order valence-electron chi connectivity index (χ1n) is 6.89. The Morgan fingerprint density at radius 1 is 1.33 bits per heavy atom. The topological polar surface area (TPSA) is 74.7 Å². The first-order valence-corrected chi connectivity index (χ1v) is 6.89. The molecule has 0 radical (unpaired) electrons. The fourth-order valence-corrected chi connectivity index (χ4v) is 2.19. The Kier molecular flexibility index (Phi) is 4.74. The highest BCUT2D eigenvalue weighted by Crippen LogP contribution is 2.02. The molecule has 0 saturated carbocycles. The molecule has 0 spiro atoms. The van der Waals surface area contributed by atoms with E-state index in [9.17, 15) is 14.4 Å². The zero-order valence-electron chi connectivity index (χ0n) is 12.3. The van der Waals surface area contributed by atoms with Crippen molar-refractivity contribution in [3.63, 3.8) is 0 Å². The molecule has 1 aromatic heterocycles. The van der Waals surface area contributed by atoms with Gasteiger partial charge >= 0.3 is 0 Å². The molecule has 7 nitrogen and oxygen atoms in total. The van der Waals surface area contributed by atoms with Crippen molar-refractivity contribution < 1.29 is 9.59 Å². The van der Waals surface area contributed by atoms with E-state index in [-0.39, 0.29) is 23.9 Å². The number of hydrogen-bond acceptors (Lipinski definition) is 4.